The second-order valence-corrected chi connectivity index (χ2v) is 4.80. The van der Waals surface area contributed by atoms with E-state index in [1.54, 1.807) is 24.3 Å². The minimum atomic E-state index is -0.524. The number of nitrogens with one attached hydrogen (secondary N) is 2. The van der Waals surface area contributed by atoms with Crippen molar-refractivity contribution in [2.75, 3.05) is 5.32 Å². The van der Waals surface area contributed by atoms with E-state index in [2.05, 4.69) is 30.7 Å². The zero-order valence-corrected chi connectivity index (χ0v) is 12.1. The van der Waals surface area contributed by atoms with Crippen molar-refractivity contribution in [1.82, 2.24) is 34.6 Å². The fourth-order valence-electron chi connectivity index (χ4n) is 2.16. The van der Waals surface area contributed by atoms with Crippen LogP contribution in [0.2, 0.25) is 0 Å². The van der Waals surface area contributed by atoms with Crippen molar-refractivity contribution >= 4 is 17.6 Å². The molecule has 0 aliphatic carbocycles. The molecule has 0 unspecified atom stereocenters. The SMILES string of the molecule is O=C(Nc1nnc2nc[nH]n12)c1ccc(=O)n(-c2ccccc2)n1. The standard InChI is InChI=1S/C14H10N8O2/c23-11-7-6-10(20-21(11)9-4-2-1-3-5-9)12(24)17-14-19-18-13-15-8-16-22(13)14/h1-8H,(H,15,16,18)(H,17,19,24). The van der Waals surface area contributed by atoms with Crippen LogP contribution in [-0.4, -0.2) is 40.5 Å². The fraction of sp³-hybridized carbons (Fsp3) is 0. The van der Waals surface area contributed by atoms with Gasteiger partial charge in [-0.3, -0.25) is 20.0 Å². The van der Waals surface area contributed by atoms with Gasteiger partial charge in [0.15, 0.2) is 0 Å². The summed E-state index contributed by atoms with van der Waals surface area (Å²) in [6, 6.07) is 11.5. The van der Waals surface area contributed by atoms with Crippen LogP contribution in [0.25, 0.3) is 11.5 Å². The Morgan fingerprint density at radius 3 is 2.75 bits per heavy atom. The lowest BCUT2D eigenvalue weighted by atomic mass is 10.3. The van der Waals surface area contributed by atoms with Gasteiger partial charge in [0, 0.05) is 6.07 Å². The van der Waals surface area contributed by atoms with Crippen LogP contribution in [0.4, 0.5) is 5.95 Å². The summed E-state index contributed by atoms with van der Waals surface area (Å²) in [5.41, 5.74) is 0.293. The molecule has 0 spiro atoms. The fourth-order valence-corrected chi connectivity index (χ4v) is 2.16. The Kier molecular flexibility index (Phi) is 3.12. The number of hydrogen-bond acceptors (Lipinski definition) is 6. The molecule has 2 N–H and O–H groups in total. The highest BCUT2D eigenvalue weighted by molar-refractivity contribution is 6.01. The van der Waals surface area contributed by atoms with Gasteiger partial charge < -0.3 is 0 Å². The third-order valence-electron chi connectivity index (χ3n) is 3.27. The second-order valence-electron chi connectivity index (χ2n) is 4.80. The molecule has 4 aromatic rings. The summed E-state index contributed by atoms with van der Waals surface area (Å²) < 4.78 is 2.57. The van der Waals surface area contributed by atoms with Gasteiger partial charge in [0.2, 0.25) is 0 Å². The molecular formula is C14H10N8O2. The number of rotatable bonds is 3. The van der Waals surface area contributed by atoms with E-state index in [1.165, 1.54) is 23.0 Å². The van der Waals surface area contributed by atoms with Gasteiger partial charge in [-0.15, -0.1) is 10.2 Å². The number of aromatic amines is 1. The first-order chi connectivity index (χ1) is 11.7. The number of amides is 1. The van der Waals surface area contributed by atoms with E-state index in [4.69, 9.17) is 0 Å². The number of carbonyl (C=O) groups excluding carboxylic acids is 1. The molecule has 118 valence electrons. The summed E-state index contributed by atoms with van der Waals surface area (Å²) in [5.74, 6) is -0.0251. The molecule has 0 radical (unpaired) electrons. The molecule has 0 atom stereocenters. The monoisotopic (exact) mass is 322 g/mol. The molecular weight excluding hydrogens is 312 g/mol. The number of carbonyl (C=O) groups is 1. The van der Waals surface area contributed by atoms with Crippen molar-refractivity contribution in [3.63, 3.8) is 0 Å². The third kappa shape index (κ3) is 2.31. The summed E-state index contributed by atoms with van der Waals surface area (Å²) in [6.45, 7) is 0. The zero-order valence-electron chi connectivity index (χ0n) is 12.1. The van der Waals surface area contributed by atoms with Crippen molar-refractivity contribution in [3.8, 4) is 5.69 Å². The molecule has 0 saturated heterocycles. The Labute approximate surface area is 133 Å². The Balaban J connectivity index is 1.68. The highest BCUT2D eigenvalue weighted by Gasteiger charge is 2.15. The lowest BCUT2D eigenvalue weighted by molar-refractivity contribution is 0.101. The quantitative estimate of drug-likeness (QED) is 0.557. The molecule has 10 nitrogen and oxygen atoms in total. The molecule has 1 aromatic carbocycles. The lowest BCUT2D eigenvalue weighted by Crippen LogP contribution is -2.25. The number of aromatic nitrogens is 7. The Hall–Kier alpha value is -3.82. The van der Waals surface area contributed by atoms with E-state index in [1.807, 2.05) is 6.07 Å². The van der Waals surface area contributed by atoms with Crippen LogP contribution in [0.3, 0.4) is 0 Å². The van der Waals surface area contributed by atoms with Gasteiger partial charge in [0.1, 0.15) is 12.0 Å². The first-order valence-electron chi connectivity index (χ1n) is 6.94. The predicted molar refractivity (Wildman–Crippen MR) is 82.9 cm³/mol. The number of H-pyrrole nitrogens is 1. The maximum Gasteiger partial charge on any atom is 0.278 e. The topological polar surface area (TPSA) is 123 Å². The first kappa shape index (κ1) is 13.8. The predicted octanol–water partition coefficient (Wildman–Crippen LogP) is 0.251. The average molecular weight is 322 g/mol. The number of hydrogen-bond donors (Lipinski definition) is 2. The highest BCUT2D eigenvalue weighted by Crippen LogP contribution is 2.06. The van der Waals surface area contributed by atoms with Crippen molar-refractivity contribution in [1.29, 1.82) is 0 Å². The third-order valence-corrected chi connectivity index (χ3v) is 3.27. The van der Waals surface area contributed by atoms with Crippen molar-refractivity contribution in [2.24, 2.45) is 0 Å². The van der Waals surface area contributed by atoms with Crippen LogP contribution in [0.1, 0.15) is 10.5 Å². The molecule has 0 aliphatic heterocycles. The van der Waals surface area contributed by atoms with Crippen molar-refractivity contribution in [2.45, 2.75) is 0 Å². The van der Waals surface area contributed by atoms with Gasteiger partial charge in [0.05, 0.1) is 5.69 Å². The Morgan fingerprint density at radius 1 is 1.08 bits per heavy atom. The molecule has 4 rings (SSSR count). The van der Waals surface area contributed by atoms with E-state index in [-0.39, 0.29) is 17.2 Å². The molecule has 0 bridgehead atoms. The van der Waals surface area contributed by atoms with Gasteiger partial charge >= 0.3 is 0 Å². The van der Waals surface area contributed by atoms with E-state index in [0.29, 0.717) is 11.5 Å². The van der Waals surface area contributed by atoms with Gasteiger partial charge in [-0.05, 0) is 18.2 Å². The lowest BCUT2D eigenvalue weighted by Gasteiger charge is -2.06. The van der Waals surface area contributed by atoms with Gasteiger partial charge in [0.25, 0.3) is 23.2 Å². The molecule has 0 aliphatic rings. The maximum absolute atomic E-state index is 12.4. The molecule has 10 heteroatoms. The van der Waals surface area contributed by atoms with Gasteiger partial charge in [-0.2, -0.15) is 19.3 Å². The van der Waals surface area contributed by atoms with Crippen LogP contribution in [0.15, 0.2) is 53.6 Å². The molecule has 3 heterocycles. The molecule has 24 heavy (non-hydrogen) atoms. The Morgan fingerprint density at radius 2 is 1.92 bits per heavy atom. The number of nitrogens with zero attached hydrogens (tertiary/aromatic N) is 6. The van der Waals surface area contributed by atoms with E-state index in [9.17, 15) is 9.59 Å². The average Bonchev–Trinajstić information content (AvgIpc) is 3.21. The number of fused-ring (bicyclic) bond motifs is 1. The number of benzene rings is 1. The summed E-state index contributed by atoms with van der Waals surface area (Å²) in [7, 11) is 0. The minimum absolute atomic E-state index is 0.0646. The van der Waals surface area contributed by atoms with E-state index >= 15 is 0 Å². The molecule has 0 fully saturated rings. The zero-order chi connectivity index (χ0) is 16.5. The van der Waals surface area contributed by atoms with Crippen LogP contribution in [0, 0.1) is 0 Å². The Bertz CT molecular complexity index is 1080. The van der Waals surface area contributed by atoms with Crippen LogP contribution < -0.4 is 10.9 Å². The van der Waals surface area contributed by atoms with Crippen molar-refractivity contribution < 1.29 is 4.79 Å². The smallest absolute Gasteiger partial charge is 0.278 e. The summed E-state index contributed by atoms with van der Waals surface area (Å²) in [6.07, 6.45) is 1.42. The largest absolute Gasteiger partial charge is 0.288 e. The summed E-state index contributed by atoms with van der Waals surface area (Å²) in [4.78, 5) is 28.3. The van der Waals surface area contributed by atoms with Gasteiger partial charge in [-0.25, -0.2) is 0 Å². The van der Waals surface area contributed by atoms with Crippen LogP contribution in [-0.2, 0) is 0 Å². The highest BCUT2D eigenvalue weighted by atomic mass is 16.2. The molecule has 1 amide bonds. The minimum Gasteiger partial charge on any atom is -0.288 e. The summed E-state index contributed by atoms with van der Waals surface area (Å²) >= 11 is 0. The molecule has 0 saturated carbocycles. The second kappa shape index (κ2) is 5.43. The number of anilines is 1. The maximum atomic E-state index is 12.4. The molecule has 3 aromatic heterocycles. The first-order valence-corrected chi connectivity index (χ1v) is 6.94. The van der Waals surface area contributed by atoms with Crippen molar-refractivity contribution in [3.05, 3.63) is 64.8 Å². The van der Waals surface area contributed by atoms with Crippen LogP contribution >= 0.6 is 0 Å². The number of para-hydroxylation sites is 1. The van der Waals surface area contributed by atoms with E-state index < -0.39 is 5.91 Å². The van der Waals surface area contributed by atoms with E-state index in [0.717, 1.165) is 4.68 Å². The normalized spacial score (nSPS) is 10.8. The van der Waals surface area contributed by atoms with Gasteiger partial charge in [-0.1, -0.05) is 18.2 Å². The van der Waals surface area contributed by atoms with Crippen LogP contribution in [0.5, 0.6) is 0 Å². The summed E-state index contributed by atoms with van der Waals surface area (Å²) in [5, 5.41) is 17.0.